The summed E-state index contributed by atoms with van der Waals surface area (Å²) in [4.78, 5) is 11.3. The number of aliphatic hydroxyl groups is 1. The van der Waals surface area contributed by atoms with Crippen molar-refractivity contribution in [3.05, 3.63) is 24.3 Å². The maximum atomic E-state index is 11.3. The lowest BCUT2D eigenvalue weighted by molar-refractivity contribution is -0.118. The molecule has 0 radical (unpaired) electrons. The Hall–Kier alpha value is -1.59. The normalized spacial score (nSPS) is 25.1. The van der Waals surface area contributed by atoms with E-state index in [1.807, 2.05) is 24.3 Å². The lowest BCUT2D eigenvalue weighted by atomic mass is 9.60. The van der Waals surface area contributed by atoms with E-state index >= 15 is 0 Å². The first-order valence-corrected chi connectivity index (χ1v) is 8.57. The van der Waals surface area contributed by atoms with Crippen LogP contribution in [0.5, 0.6) is 0 Å². The summed E-state index contributed by atoms with van der Waals surface area (Å²) in [5.41, 5.74) is 1.99. The number of amides is 1. The molecule has 126 valence electrons. The molecule has 2 atom stereocenters. The average Bonchev–Trinajstić information content (AvgIpc) is 3.07. The average molecular weight is 318 g/mol. The van der Waals surface area contributed by atoms with Crippen LogP contribution in [0.25, 0.3) is 0 Å². The SMILES string of the molecule is CCOC1CC(Nc2cccc(NC(=O)CO)c2)C12CCCC2. The smallest absolute Gasteiger partial charge is 0.250 e. The summed E-state index contributed by atoms with van der Waals surface area (Å²) in [7, 11) is 0. The van der Waals surface area contributed by atoms with Crippen LogP contribution in [0.15, 0.2) is 24.3 Å². The number of hydrogen-bond donors (Lipinski definition) is 3. The van der Waals surface area contributed by atoms with E-state index in [-0.39, 0.29) is 5.41 Å². The summed E-state index contributed by atoms with van der Waals surface area (Å²) in [5.74, 6) is -0.394. The van der Waals surface area contributed by atoms with Crippen LogP contribution < -0.4 is 10.6 Å². The molecule has 0 heterocycles. The van der Waals surface area contributed by atoms with Crippen molar-refractivity contribution < 1.29 is 14.6 Å². The lowest BCUT2D eigenvalue weighted by Crippen LogP contribution is -2.60. The minimum absolute atomic E-state index is 0.278. The van der Waals surface area contributed by atoms with Gasteiger partial charge in [-0.15, -0.1) is 0 Å². The molecule has 23 heavy (non-hydrogen) atoms. The zero-order chi connectivity index (χ0) is 16.3. The molecule has 2 saturated carbocycles. The molecule has 0 aliphatic heterocycles. The van der Waals surface area contributed by atoms with Gasteiger partial charge in [0, 0.05) is 29.4 Å². The van der Waals surface area contributed by atoms with Gasteiger partial charge in [0.2, 0.25) is 5.91 Å². The second-order valence-corrected chi connectivity index (χ2v) is 6.60. The molecule has 5 nitrogen and oxygen atoms in total. The van der Waals surface area contributed by atoms with E-state index in [1.54, 1.807) is 0 Å². The van der Waals surface area contributed by atoms with Gasteiger partial charge in [-0.2, -0.15) is 0 Å². The predicted octanol–water partition coefficient (Wildman–Crippen LogP) is 2.77. The fourth-order valence-electron chi connectivity index (χ4n) is 4.18. The van der Waals surface area contributed by atoms with Gasteiger partial charge in [0.1, 0.15) is 6.61 Å². The van der Waals surface area contributed by atoms with Crippen LogP contribution in [0.1, 0.15) is 39.0 Å². The Bertz CT molecular complexity index is 555. The summed E-state index contributed by atoms with van der Waals surface area (Å²) in [6, 6.07) is 8.11. The molecular formula is C18H26N2O3. The van der Waals surface area contributed by atoms with E-state index in [4.69, 9.17) is 9.84 Å². The first-order valence-electron chi connectivity index (χ1n) is 8.57. The zero-order valence-corrected chi connectivity index (χ0v) is 13.7. The van der Waals surface area contributed by atoms with Crippen molar-refractivity contribution in [2.75, 3.05) is 23.8 Å². The van der Waals surface area contributed by atoms with Gasteiger partial charge in [0.25, 0.3) is 0 Å². The second kappa shape index (κ2) is 6.89. The van der Waals surface area contributed by atoms with E-state index in [1.165, 1.54) is 25.7 Å². The number of carbonyl (C=O) groups excluding carboxylic acids is 1. The maximum Gasteiger partial charge on any atom is 0.250 e. The summed E-state index contributed by atoms with van der Waals surface area (Å²) in [6.45, 7) is 2.35. The van der Waals surface area contributed by atoms with Crippen molar-refractivity contribution >= 4 is 17.3 Å². The van der Waals surface area contributed by atoms with Crippen LogP contribution in [0.3, 0.4) is 0 Å². The molecule has 1 aromatic rings. The number of hydrogen-bond acceptors (Lipinski definition) is 4. The van der Waals surface area contributed by atoms with Crippen LogP contribution in [0.4, 0.5) is 11.4 Å². The number of ether oxygens (including phenoxy) is 1. The highest BCUT2D eigenvalue weighted by Gasteiger charge is 2.56. The number of anilines is 2. The van der Waals surface area contributed by atoms with Crippen molar-refractivity contribution in [3.8, 4) is 0 Å². The summed E-state index contributed by atoms with van der Waals surface area (Å²) in [6.07, 6.45) is 6.46. The first-order chi connectivity index (χ1) is 11.2. The molecule has 1 amide bonds. The Morgan fingerprint density at radius 1 is 1.35 bits per heavy atom. The molecule has 3 rings (SSSR count). The highest BCUT2D eigenvalue weighted by molar-refractivity contribution is 5.91. The van der Waals surface area contributed by atoms with Crippen LogP contribution in [0, 0.1) is 5.41 Å². The maximum absolute atomic E-state index is 11.3. The quantitative estimate of drug-likeness (QED) is 0.754. The van der Waals surface area contributed by atoms with Crippen molar-refractivity contribution in [3.63, 3.8) is 0 Å². The largest absolute Gasteiger partial charge is 0.387 e. The van der Waals surface area contributed by atoms with Gasteiger partial charge >= 0.3 is 0 Å². The van der Waals surface area contributed by atoms with Gasteiger partial charge in [-0.25, -0.2) is 0 Å². The van der Waals surface area contributed by atoms with E-state index in [0.29, 0.717) is 17.8 Å². The summed E-state index contributed by atoms with van der Waals surface area (Å²) < 4.78 is 5.95. The van der Waals surface area contributed by atoms with Crippen LogP contribution in [0.2, 0.25) is 0 Å². The summed E-state index contributed by atoms with van der Waals surface area (Å²) in [5, 5.41) is 15.2. The Labute approximate surface area is 137 Å². The molecule has 0 bridgehead atoms. The van der Waals surface area contributed by atoms with Gasteiger partial charge in [-0.3, -0.25) is 4.79 Å². The van der Waals surface area contributed by atoms with Crippen LogP contribution in [-0.4, -0.2) is 36.4 Å². The van der Waals surface area contributed by atoms with Crippen LogP contribution >= 0.6 is 0 Å². The fraction of sp³-hybridized carbons (Fsp3) is 0.611. The monoisotopic (exact) mass is 318 g/mol. The van der Waals surface area contributed by atoms with Crippen LogP contribution in [-0.2, 0) is 9.53 Å². The van der Waals surface area contributed by atoms with E-state index in [2.05, 4.69) is 17.6 Å². The Morgan fingerprint density at radius 3 is 2.78 bits per heavy atom. The third-order valence-electron chi connectivity index (χ3n) is 5.32. The van der Waals surface area contributed by atoms with Crippen molar-refractivity contribution in [1.82, 2.24) is 0 Å². The lowest BCUT2D eigenvalue weighted by Gasteiger charge is -2.54. The molecule has 1 spiro atoms. The Balaban J connectivity index is 1.67. The number of rotatable bonds is 6. The van der Waals surface area contributed by atoms with Crippen molar-refractivity contribution in [1.29, 1.82) is 0 Å². The number of aliphatic hydroxyl groups excluding tert-OH is 1. The van der Waals surface area contributed by atoms with Crippen molar-refractivity contribution in [2.24, 2.45) is 5.41 Å². The molecule has 2 fully saturated rings. The molecule has 2 unspecified atom stereocenters. The Kier molecular flexibility index (Phi) is 4.87. The fourth-order valence-corrected chi connectivity index (χ4v) is 4.18. The summed E-state index contributed by atoms with van der Waals surface area (Å²) >= 11 is 0. The highest BCUT2D eigenvalue weighted by atomic mass is 16.5. The number of benzene rings is 1. The molecule has 1 aromatic carbocycles. The van der Waals surface area contributed by atoms with Gasteiger partial charge in [-0.1, -0.05) is 18.9 Å². The molecule has 2 aliphatic carbocycles. The van der Waals surface area contributed by atoms with Gasteiger partial charge in [0.15, 0.2) is 0 Å². The molecule has 0 aromatic heterocycles. The highest BCUT2D eigenvalue weighted by Crippen LogP contribution is 2.55. The topological polar surface area (TPSA) is 70.6 Å². The molecule has 5 heteroatoms. The molecule has 2 aliphatic rings. The van der Waals surface area contributed by atoms with Gasteiger partial charge in [-0.05, 0) is 44.4 Å². The van der Waals surface area contributed by atoms with Gasteiger partial charge in [0.05, 0.1) is 6.10 Å². The van der Waals surface area contributed by atoms with Gasteiger partial charge < -0.3 is 20.5 Å². The molecule has 3 N–H and O–H groups in total. The van der Waals surface area contributed by atoms with E-state index in [0.717, 1.165) is 18.7 Å². The van der Waals surface area contributed by atoms with E-state index < -0.39 is 12.5 Å². The second-order valence-electron chi connectivity index (χ2n) is 6.60. The molecular weight excluding hydrogens is 292 g/mol. The molecule has 0 saturated heterocycles. The Morgan fingerprint density at radius 2 is 2.09 bits per heavy atom. The standard InChI is InChI=1S/C18H26N2O3/c1-2-23-16-11-15(18(16)8-3-4-9-18)19-13-6-5-7-14(10-13)20-17(22)12-21/h5-7,10,15-16,19,21H,2-4,8-9,11-12H2,1H3,(H,20,22). The zero-order valence-electron chi connectivity index (χ0n) is 13.7. The third kappa shape index (κ3) is 3.21. The van der Waals surface area contributed by atoms with Crippen molar-refractivity contribution in [2.45, 2.75) is 51.2 Å². The third-order valence-corrected chi connectivity index (χ3v) is 5.32. The predicted molar refractivity (Wildman–Crippen MR) is 90.5 cm³/mol. The van der Waals surface area contributed by atoms with E-state index in [9.17, 15) is 4.79 Å². The first kappa shape index (κ1) is 16.3. The minimum Gasteiger partial charge on any atom is -0.387 e. The number of nitrogens with one attached hydrogen (secondary N) is 2. The minimum atomic E-state index is -0.501. The number of carbonyl (C=O) groups is 1.